The van der Waals surface area contributed by atoms with Gasteiger partial charge in [-0.3, -0.25) is 10.1 Å². The maximum absolute atomic E-state index is 13.3. The first-order chi connectivity index (χ1) is 21.4. The number of carbonyl (C=O) groups excluding carboxylic acids is 2. The van der Waals surface area contributed by atoms with Crippen LogP contribution in [0.2, 0.25) is 5.02 Å². The number of nitrogens with zero attached hydrogens (tertiary/aromatic N) is 3. The number of methoxy groups -OCH3 is 1. The van der Waals surface area contributed by atoms with E-state index in [4.69, 9.17) is 27.2 Å². The summed E-state index contributed by atoms with van der Waals surface area (Å²) in [6, 6.07) is 20.7. The van der Waals surface area contributed by atoms with Crippen molar-refractivity contribution in [1.82, 2.24) is 14.7 Å². The Kier molecular flexibility index (Phi) is 9.39. The van der Waals surface area contributed by atoms with Crippen LogP contribution in [0.15, 0.2) is 66.7 Å². The molecule has 0 aliphatic carbocycles. The Balaban J connectivity index is 1.25. The van der Waals surface area contributed by atoms with Crippen LogP contribution in [-0.2, 0) is 11.8 Å². The zero-order valence-electron chi connectivity index (χ0n) is 26.5. The molecule has 4 N–H and O–H groups in total. The summed E-state index contributed by atoms with van der Waals surface area (Å²) in [7, 11) is 1.51. The fraction of sp³-hybridized carbons (Fsp3) is 0.343. The van der Waals surface area contributed by atoms with Gasteiger partial charge < -0.3 is 20.7 Å². The van der Waals surface area contributed by atoms with E-state index in [0.29, 0.717) is 46.8 Å². The average Bonchev–Trinajstić information content (AvgIpc) is 3.44. The van der Waals surface area contributed by atoms with Crippen molar-refractivity contribution in [3.05, 3.63) is 94.1 Å². The number of urea groups is 1. The van der Waals surface area contributed by atoms with Gasteiger partial charge in [-0.25, -0.2) is 9.48 Å². The number of benzene rings is 3. The Morgan fingerprint density at radius 2 is 1.71 bits per heavy atom. The molecular weight excluding hydrogens is 588 g/mol. The summed E-state index contributed by atoms with van der Waals surface area (Å²) in [6.45, 7) is 9.56. The minimum atomic E-state index is -0.340. The molecule has 0 spiro atoms. The molecule has 4 aromatic rings. The highest BCUT2D eigenvalue weighted by atomic mass is 35.5. The third-order valence-electron chi connectivity index (χ3n) is 8.22. The summed E-state index contributed by atoms with van der Waals surface area (Å²) in [5.41, 5.74) is 11.2. The molecule has 9 nitrogen and oxygen atoms in total. The summed E-state index contributed by atoms with van der Waals surface area (Å²) in [4.78, 5) is 28.5. The first-order valence-corrected chi connectivity index (χ1v) is 15.6. The van der Waals surface area contributed by atoms with Crippen LogP contribution in [0.4, 0.5) is 22.0 Å². The number of anilines is 3. The van der Waals surface area contributed by atoms with Crippen molar-refractivity contribution >= 4 is 40.7 Å². The molecular formula is C35H41ClN6O3. The minimum absolute atomic E-state index is 0.120. The van der Waals surface area contributed by atoms with E-state index < -0.39 is 0 Å². The third-order valence-corrected chi connectivity index (χ3v) is 8.55. The molecule has 0 bridgehead atoms. The number of aryl methyl sites for hydroxylation is 1. The van der Waals surface area contributed by atoms with E-state index in [-0.39, 0.29) is 17.4 Å². The number of aromatic nitrogens is 2. The molecule has 236 valence electrons. The van der Waals surface area contributed by atoms with Gasteiger partial charge in [0.1, 0.15) is 11.6 Å². The number of para-hydroxylation sites is 1. The SMILES string of the molecule is COc1cc(N)c(Cl)cc1C(=O)N1CCC(Cc2ccccc2NC(=O)Nc2cc(C(C)(C)C)nn2-c2ccc(C)cc2)CC1. The van der Waals surface area contributed by atoms with Gasteiger partial charge in [0.15, 0.2) is 0 Å². The highest BCUT2D eigenvalue weighted by Crippen LogP contribution is 2.32. The average molecular weight is 629 g/mol. The molecule has 0 radical (unpaired) electrons. The summed E-state index contributed by atoms with van der Waals surface area (Å²) < 4.78 is 7.17. The van der Waals surface area contributed by atoms with Gasteiger partial charge in [0.05, 0.1) is 34.8 Å². The van der Waals surface area contributed by atoms with E-state index in [1.807, 2.05) is 66.4 Å². The summed E-state index contributed by atoms with van der Waals surface area (Å²) >= 11 is 6.21. The molecule has 1 aliphatic heterocycles. The first kappa shape index (κ1) is 31.9. The number of rotatable bonds is 7. The van der Waals surface area contributed by atoms with Crippen molar-refractivity contribution in [2.24, 2.45) is 5.92 Å². The maximum Gasteiger partial charge on any atom is 0.324 e. The molecule has 3 amide bonds. The molecule has 2 heterocycles. The van der Waals surface area contributed by atoms with Crippen molar-refractivity contribution in [1.29, 1.82) is 0 Å². The summed E-state index contributed by atoms with van der Waals surface area (Å²) in [5.74, 6) is 1.24. The zero-order valence-corrected chi connectivity index (χ0v) is 27.2. The van der Waals surface area contributed by atoms with Crippen molar-refractivity contribution < 1.29 is 14.3 Å². The van der Waals surface area contributed by atoms with Gasteiger partial charge in [-0.05, 0) is 61.9 Å². The monoisotopic (exact) mass is 628 g/mol. The Labute approximate surface area is 269 Å². The lowest BCUT2D eigenvalue weighted by molar-refractivity contribution is 0.0687. The van der Waals surface area contributed by atoms with E-state index in [2.05, 4.69) is 31.4 Å². The smallest absolute Gasteiger partial charge is 0.324 e. The molecule has 3 aromatic carbocycles. The Morgan fingerprint density at radius 3 is 2.38 bits per heavy atom. The lowest BCUT2D eigenvalue weighted by atomic mass is 9.89. The van der Waals surface area contributed by atoms with Crippen molar-refractivity contribution in [2.75, 3.05) is 36.6 Å². The van der Waals surface area contributed by atoms with E-state index >= 15 is 0 Å². The van der Waals surface area contributed by atoms with Crippen molar-refractivity contribution in [2.45, 2.75) is 52.4 Å². The Hall–Kier alpha value is -4.50. The highest BCUT2D eigenvalue weighted by molar-refractivity contribution is 6.33. The Bertz CT molecular complexity index is 1680. The van der Waals surface area contributed by atoms with Gasteiger partial charge >= 0.3 is 6.03 Å². The zero-order chi connectivity index (χ0) is 32.3. The molecule has 45 heavy (non-hydrogen) atoms. The standard InChI is InChI=1S/C35H41ClN6O3/c1-22-10-12-25(13-11-22)42-32(21-31(40-42)35(2,3)4)39-34(44)38-29-9-7-6-8-24(29)18-23-14-16-41(17-15-23)33(43)26-19-27(36)28(37)20-30(26)45-5/h6-13,19-21,23H,14-18,37H2,1-5H3,(H2,38,39,44). The number of likely N-dealkylation sites (tertiary alicyclic amines) is 1. The van der Waals surface area contributed by atoms with Crippen LogP contribution in [0.3, 0.4) is 0 Å². The maximum atomic E-state index is 13.3. The van der Waals surface area contributed by atoms with E-state index in [0.717, 1.165) is 47.5 Å². The topological polar surface area (TPSA) is 115 Å². The van der Waals surface area contributed by atoms with Crippen molar-refractivity contribution in [3.63, 3.8) is 0 Å². The minimum Gasteiger partial charge on any atom is -0.496 e. The van der Waals surface area contributed by atoms with Crippen LogP contribution in [0.5, 0.6) is 5.75 Å². The van der Waals surface area contributed by atoms with E-state index in [1.54, 1.807) is 16.8 Å². The second kappa shape index (κ2) is 13.2. The highest BCUT2D eigenvalue weighted by Gasteiger charge is 2.27. The number of carbonyl (C=O) groups is 2. The van der Waals surface area contributed by atoms with Crippen LogP contribution in [-0.4, -0.2) is 46.8 Å². The van der Waals surface area contributed by atoms with Crippen molar-refractivity contribution in [3.8, 4) is 11.4 Å². The normalized spacial score (nSPS) is 13.9. The second-order valence-corrected chi connectivity index (χ2v) is 13.1. The lowest BCUT2D eigenvalue weighted by Gasteiger charge is -2.32. The number of piperidine rings is 1. The molecule has 0 atom stereocenters. The summed E-state index contributed by atoms with van der Waals surface area (Å²) in [6.07, 6.45) is 2.45. The van der Waals surface area contributed by atoms with Crippen LogP contribution < -0.4 is 21.1 Å². The second-order valence-electron chi connectivity index (χ2n) is 12.7. The molecule has 0 unspecified atom stereocenters. The number of hydrogen-bond acceptors (Lipinski definition) is 5. The fourth-order valence-corrected chi connectivity index (χ4v) is 5.70. The van der Waals surface area contributed by atoms with Crippen LogP contribution >= 0.6 is 11.6 Å². The van der Waals surface area contributed by atoms with E-state index in [9.17, 15) is 9.59 Å². The molecule has 1 fully saturated rings. The molecule has 1 aromatic heterocycles. The molecule has 5 rings (SSSR count). The van der Waals surface area contributed by atoms with Crippen LogP contribution in [0, 0.1) is 12.8 Å². The predicted octanol–water partition coefficient (Wildman–Crippen LogP) is 7.46. The van der Waals surface area contributed by atoms with Gasteiger partial charge in [-0.2, -0.15) is 5.10 Å². The Morgan fingerprint density at radius 1 is 1.02 bits per heavy atom. The van der Waals surface area contributed by atoms with Gasteiger partial charge in [0, 0.05) is 36.3 Å². The van der Waals surface area contributed by atoms with Crippen LogP contribution in [0.1, 0.15) is 60.8 Å². The molecule has 10 heteroatoms. The third kappa shape index (κ3) is 7.42. The molecule has 0 saturated carbocycles. The number of nitrogens with two attached hydrogens (primary N) is 1. The number of ether oxygens (including phenoxy) is 1. The van der Waals surface area contributed by atoms with Gasteiger partial charge in [-0.1, -0.05) is 68.3 Å². The van der Waals surface area contributed by atoms with Crippen LogP contribution in [0.25, 0.3) is 5.69 Å². The fourth-order valence-electron chi connectivity index (χ4n) is 5.54. The molecule has 1 saturated heterocycles. The summed E-state index contributed by atoms with van der Waals surface area (Å²) in [5, 5.41) is 11.2. The van der Waals surface area contributed by atoms with Gasteiger partial charge in [0.25, 0.3) is 5.91 Å². The number of halogens is 1. The van der Waals surface area contributed by atoms with Gasteiger partial charge in [0.2, 0.25) is 0 Å². The lowest BCUT2D eigenvalue weighted by Crippen LogP contribution is -2.39. The predicted molar refractivity (Wildman–Crippen MR) is 181 cm³/mol. The molecule has 1 aliphatic rings. The number of hydrogen-bond donors (Lipinski definition) is 3. The van der Waals surface area contributed by atoms with E-state index in [1.165, 1.54) is 7.11 Å². The number of nitrogen functional groups attached to an aromatic ring is 1. The quantitative estimate of drug-likeness (QED) is 0.184. The first-order valence-electron chi connectivity index (χ1n) is 15.2. The largest absolute Gasteiger partial charge is 0.496 e. The number of nitrogens with one attached hydrogen (secondary N) is 2. The van der Waals surface area contributed by atoms with Gasteiger partial charge in [-0.15, -0.1) is 0 Å². The number of amides is 3.